The van der Waals surface area contributed by atoms with Crippen LogP contribution in [0.2, 0.25) is 0 Å². The van der Waals surface area contributed by atoms with Gasteiger partial charge in [-0.3, -0.25) is 0 Å². The van der Waals surface area contributed by atoms with Crippen molar-refractivity contribution in [3.8, 4) is 0 Å². The summed E-state index contributed by atoms with van der Waals surface area (Å²) in [5.41, 5.74) is 5.19. The van der Waals surface area contributed by atoms with Crippen LogP contribution in [0.3, 0.4) is 0 Å². The third kappa shape index (κ3) is 2.71. The van der Waals surface area contributed by atoms with Crippen LogP contribution in [0.5, 0.6) is 0 Å². The van der Waals surface area contributed by atoms with Crippen molar-refractivity contribution in [2.45, 2.75) is 12.5 Å². The molecule has 0 bridgehead atoms. The Morgan fingerprint density at radius 1 is 1.88 bits per heavy atom. The molecule has 0 saturated heterocycles. The van der Waals surface area contributed by atoms with Crippen molar-refractivity contribution in [3.63, 3.8) is 0 Å². The number of nitrogens with two attached hydrogens (primary N) is 1. The zero-order valence-corrected chi connectivity index (χ0v) is 4.96. The van der Waals surface area contributed by atoms with E-state index in [2.05, 4.69) is 0 Å². The lowest BCUT2D eigenvalue weighted by Crippen LogP contribution is -2.22. The first-order valence-corrected chi connectivity index (χ1v) is 2.51. The van der Waals surface area contributed by atoms with Gasteiger partial charge in [-0.05, 0) is 0 Å². The molecule has 0 saturated carbocycles. The molecule has 2 N–H and O–H groups in total. The molecular formula is C5H11NO2. The van der Waals surface area contributed by atoms with Crippen LogP contribution in [0.15, 0.2) is 0 Å². The highest BCUT2D eigenvalue weighted by Gasteiger charge is 2.00. The molecule has 0 aliphatic rings. The second-order valence-corrected chi connectivity index (χ2v) is 1.50. The van der Waals surface area contributed by atoms with Gasteiger partial charge in [0.05, 0.1) is 6.10 Å². The highest BCUT2D eigenvalue weighted by Crippen LogP contribution is 1.88. The number of carbonyl (C=O) groups is 1. The minimum atomic E-state index is -0.0903. The number of methoxy groups -OCH3 is 1. The summed E-state index contributed by atoms with van der Waals surface area (Å²) in [5, 5.41) is 0. The first-order chi connectivity index (χ1) is 3.85. The van der Waals surface area contributed by atoms with Gasteiger partial charge in [-0.25, -0.2) is 0 Å². The van der Waals surface area contributed by atoms with Gasteiger partial charge >= 0.3 is 0 Å². The number of ether oxygens (including phenoxy) is 1. The number of hydrogen-bond donors (Lipinski definition) is 1. The molecule has 0 amide bonds. The second-order valence-electron chi connectivity index (χ2n) is 1.50. The summed E-state index contributed by atoms with van der Waals surface area (Å²) in [6.45, 7) is 0.412. The zero-order valence-electron chi connectivity index (χ0n) is 4.96. The van der Waals surface area contributed by atoms with Crippen molar-refractivity contribution >= 4 is 6.29 Å². The van der Waals surface area contributed by atoms with Crippen LogP contribution in [0.4, 0.5) is 0 Å². The minimum absolute atomic E-state index is 0.0903. The third-order valence-corrected chi connectivity index (χ3v) is 0.955. The lowest BCUT2D eigenvalue weighted by atomic mass is 10.3. The van der Waals surface area contributed by atoms with Gasteiger partial charge in [0.1, 0.15) is 6.29 Å². The average Bonchev–Trinajstić information content (AvgIpc) is 1.83. The summed E-state index contributed by atoms with van der Waals surface area (Å²) in [6, 6.07) is 0. The third-order valence-electron chi connectivity index (χ3n) is 0.955. The summed E-state index contributed by atoms with van der Waals surface area (Å²) in [7, 11) is 1.54. The molecule has 0 aliphatic carbocycles. The maximum absolute atomic E-state index is 9.80. The van der Waals surface area contributed by atoms with E-state index >= 15 is 0 Å². The molecule has 3 heteroatoms. The zero-order chi connectivity index (χ0) is 6.41. The summed E-state index contributed by atoms with van der Waals surface area (Å²) in [6.07, 6.45) is 1.11. The number of aldehydes is 1. The molecular weight excluding hydrogens is 106 g/mol. The number of rotatable bonds is 4. The Bertz CT molecular complexity index is 61.4. The summed E-state index contributed by atoms with van der Waals surface area (Å²) >= 11 is 0. The van der Waals surface area contributed by atoms with Crippen molar-refractivity contribution in [1.29, 1.82) is 0 Å². The van der Waals surface area contributed by atoms with Crippen molar-refractivity contribution in [2.24, 2.45) is 5.73 Å². The first kappa shape index (κ1) is 7.59. The van der Waals surface area contributed by atoms with E-state index in [-0.39, 0.29) is 6.10 Å². The molecule has 0 aromatic carbocycles. The van der Waals surface area contributed by atoms with Crippen LogP contribution in [0.25, 0.3) is 0 Å². The molecule has 0 aromatic rings. The van der Waals surface area contributed by atoms with Crippen LogP contribution >= 0.6 is 0 Å². The molecule has 3 nitrogen and oxygen atoms in total. The van der Waals surface area contributed by atoms with Gasteiger partial charge in [0.2, 0.25) is 0 Å². The van der Waals surface area contributed by atoms with Gasteiger partial charge in [0, 0.05) is 20.1 Å². The first-order valence-electron chi connectivity index (χ1n) is 2.51. The van der Waals surface area contributed by atoms with Crippen molar-refractivity contribution in [1.82, 2.24) is 0 Å². The number of carbonyl (C=O) groups excluding carboxylic acids is 1. The van der Waals surface area contributed by atoms with Gasteiger partial charge < -0.3 is 15.3 Å². The SMILES string of the molecule is COC(CN)CC=O. The van der Waals surface area contributed by atoms with E-state index < -0.39 is 0 Å². The lowest BCUT2D eigenvalue weighted by Gasteiger charge is -2.06. The van der Waals surface area contributed by atoms with E-state index in [1.54, 1.807) is 7.11 Å². The van der Waals surface area contributed by atoms with Crippen LogP contribution in [0, 0.1) is 0 Å². The van der Waals surface area contributed by atoms with E-state index in [1.165, 1.54) is 0 Å². The van der Waals surface area contributed by atoms with Gasteiger partial charge in [-0.1, -0.05) is 0 Å². The van der Waals surface area contributed by atoms with E-state index in [0.717, 1.165) is 6.29 Å². The van der Waals surface area contributed by atoms with Crippen molar-refractivity contribution in [2.75, 3.05) is 13.7 Å². The standard InChI is InChI=1S/C5H11NO2/c1-8-5(4-6)2-3-7/h3,5H,2,4,6H2,1H3. The van der Waals surface area contributed by atoms with Crippen molar-refractivity contribution < 1.29 is 9.53 Å². The second kappa shape index (κ2) is 4.74. The lowest BCUT2D eigenvalue weighted by molar-refractivity contribution is -0.109. The maximum atomic E-state index is 9.80. The Balaban J connectivity index is 3.20. The fourth-order valence-electron chi connectivity index (χ4n) is 0.396. The van der Waals surface area contributed by atoms with Gasteiger partial charge in [-0.15, -0.1) is 0 Å². The predicted octanol–water partition coefficient (Wildman–Crippen LogP) is -0.451. The molecule has 8 heavy (non-hydrogen) atoms. The normalized spacial score (nSPS) is 13.2. The largest absolute Gasteiger partial charge is 0.380 e. The molecule has 1 atom stereocenters. The molecule has 48 valence electrons. The minimum Gasteiger partial charge on any atom is -0.380 e. The summed E-state index contributed by atoms with van der Waals surface area (Å²) in [4.78, 5) is 9.80. The topological polar surface area (TPSA) is 52.3 Å². The van der Waals surface area contributed by atoms with E-state index in [0.29, 0.717) is 13.0 Å². The highest BCUT2D eigenvalue weighted by atomic mass is 16.5. The van der Waals surface area contributed by atoms with Crippen LogP contribution in [-0.4, -0.2) is 26.0 Å². The monoisotopic (exact) mass is 117 g/mol. The van der Waals surface area contributed by atoms with Crippen molar-refractivity contribution in [3.05, 3.63) is 0 Å². The van der Waals surface area contributed by atoms with Gasteiger partial charge in [0.25, 0.3) is 0 Å². The smallest absolute Gasteiger partial charge is 0.122 e. The highest BCUT2D eigenvalue weighted by molar-refractivity contribution is 5.50. The Labute approximate surface area is 48.8 Å². The van der Waals surface area contributed by atoms with Crippen LogP contribution < -0.4 is 5.73 Å². The summed E-state index contributed by atoms with van der Waals surface area (Å²) in [5.74, 6) is 0. The molecule has 0 heterocycles. The fraction of sp³-hybridized carbons (Fsp3) is 0.800. The number of hydrogen-bond acceptors (Lipinski definition) is 3. The van der Waals surface area contributed by atoms with E-state index in [1.807, 2.05) is 0 Å². The van der Waals surface area contributed by atoms with Crippen LogP contribution in [0.1, 0.15) is 6.42 Å². The predicted molar refractivity (Wildman–Crippen MR) is 30.5 cm³/mol. The molecule has 0 aliphatic heterocycles. The van der Waals surface area contributed by atoms with E-state index in [4.69, 9.17) is 10.5 Å². The average molecular weight is 117 g/mol. The fourth-order valence-corrected chi connectivity index (χ4v) is 0.396. The quantitative estimate of drug-likeness (QED) is 0.507. The maximum Gasteiger partial charge on any atom is 0.122 e. The Hall–Kier alpha value is -0.410. The molecule has 0 radical (unpaired) electrons. The molecule has 1 unspecified atom stereocenters. The summed E-state index contributed by atoms with van der Waals surface area (Å²) < 4.78 is 4.78. The Kier molecular flexibility index (Phi) is 4.50. The Morgan fingerprint density at radius 2 is 2.50 bits per heavy atom. The molecule has 0 aromatic heterocycles. The molecule has 0 spiro atoms. The molecule has 0 rings (SSSR count). The molecule has 0 fully saturated rings. The van der Waals surface area contributed by atoms with Gasteiger partial charge in [-0.2, -0.15) is 0 Å². The van der Waals surface area contributed by atoms with Gasteiger partial charge in [0.15, 0.2) is 0 Å². The Morgan fingerprint density at radius 3 is 2.62 bits per heavy atom. The van der Waals surface area contributed by atoms with E-state index in [9.17, 15) is 4.79 Å². The van der Waals surface area contributed by atoms with Crippen LogP contribution in [-0.2, 0) is 9.53 Å².